The van der Waals surface area contributed by atoms with Crippen molar-refractivity contribution in [2.75, 3.05) is 0 Å². The van der Waals surface area contributed by atoms with Crippen LogP contribution < -0.4 is 0 Å². The third-order valence-electron chi connectivity index (χ3n) is 2.93. The largest absolute Gasteiger partial charge is 0.314 e. The van der Waals surface area contributed by atoms with E-state index in [1.165, 1.54) is 16.7 Å². The van der Waals surface area contributed by atoms with Crippen LogP contribution in [-0.4, -0.2) is 14.8 Å². The summed E-state index contributed by atoms with van der Waals surface area (Å²) < 4.78 is 2.11. The molecule has 0 spiro atoms. The van der Waals surface area contributed by atoms with Crippen LogP contribution >= 0.6 is 0 Å². The molecule has 0 saturated carbocycles. The molecule has 2 aromatic rings. The molecular formula is C13H17N3. The topological polar surface area (TPSA) is 30.7 Å². The fraction of sp³-hybridized carbons (Fsp3) is 0.385. The van der Waals surface area contributed by atoms with Crippen molar-refractivity contribution >= 4 is 0 Å². The molecule has 0 bridgehead atoms. The van der Waals surface area contributed by atoms with Crippen molar-refractivity contribution in [3.63, 3.8) is 0 Å². The third kappa shape index (κ3) is 1.85. The molecule has 0 saturated heterocycles. The average Bonchev–Trinajstić information content (AvgIpc) is 2.71. The Morgan fingerprint density at radius 3 is 2.81 bits per heavy atom. The number of benzene rings is 1. The Hall–Kier alpha value is -1.64. The van der Waals surface area contributed by atoms with Gasteiger partial charge < -0.3 is 4.57 Å². The van der Waals surface area contributed by atoms with Crippen LogP contribution in [0.5, 0.6) is 0 Å². The van der Waals surface area contributed by atoms with Crippen molar-refractivity contribution in [3.8, 4) is 11.4 Å². The average molecular weight is 215 g/mol. The Morgan fingerprint density at radius 1 is 1.25 bits per heavy atom. The molecule has 84 valence electrons. The van der Waals surface area contributed by atoms with Crippen molar-refractivity contribution < 1.29 is 0 Å². The van der Waals surface area contributed by atoms with Crippen LogP contribution in [0.25, 0.3) is 11.4 Å². The van der Waals surface area contributed by atoms with Crippen LogP contribution in [0.2, 0.25) is 0 Å². The summed E-state index contributed by atoms with van der Waals surface area (Å²) in [7, 11) is 0. The summed E-state index contributed by atoms with van der Waals surface area (Å²) in [6, 6.07) is 6.31. The molecule has 0 unspecified atom stereocenters. The molecule has 0 aliphatic carbocycles. The highest BCUT2D eigenvalue weighted by molar-refractivity contribution is 5.61. The van der Waals surface area contributed by atoms with Gasteiger partial charge in [-0.2, -0.15) is 0 Å². The van der Waals surface area contributed by atoms with E-state index in [0.717, 1.165) is 18.8 Å². The highest BCUT2D eigenvalue weighted by Gasteiger charge is 2.09. The molecule has 3 nitrogen and oxygen atoms in total. The van der Waals surface area contributed by atoms with Gasteiger partial charge in [-0.3, -0.25) is 0 Å². The van der Waals surface area contributed by atoms with Gasteiger partial charge in [0.05, 0.1) is 0 Å². The Bertz CT molecular complexity index is 486. The molecule has 0 fully saturated rings. The molecular weight excluding hydrogens is 198 g/mol. The maximum atomic E-state index is 4.22. The normalized spacial score (nSPS) is 10.7. The summed E-state index contributed by atoms with van der Waals surface area (Å²) in [6.07, 6.45) is 2.90. The van der Waals surface area contributed by atoms with E-state index in [9.17, 15) is 0 Å². The quantitative estimate of drug-likeness (QED) is 0.788. The first kappa shape index (κ1) is 10.9. The second-order valence-electron chi connectivity index (χ2n) is 4.10. The maximum absolute atomic E-state index is 4.22. The Kier molecular flexibility index (Phi) is 3.04. The molecule has 0 amide bonds. The SMILES string of the molecule is CCCn1cnnc1-c1cccc(C)c1C. The van der Waals surface area contributed by atoms with Gasteiger partial charge in [-0.25, -0.2) is 0 Å². The van der Waals surface area contributed by atoms with Crippen LogP contribution in [-0.2, 0) is 6.54 Å². The predicted octanol–water partition coefficient (Wildman–Crippen LogP) is 2.97. The third-order valence-corrected chi connectivity index (χ3v) is 2.93. The van der Waals surface area contributed by atoms with Gasteiger partial charge in [0.15, 0.2) is 5.82 Å². The maximum Gasteiger partial charge on any atom is 0.164 e. The number of aryl methyl sites for hydroxylation is 2. The van der Waals surface area contributed by atoms with Gasteiger partial charge in [-0.1, -0.05) is 25.1 Å². The van der Waals surface area contributed by atoms with Crippen LogP contribution in [0.4, 0.5) is 0 Å². The monoisotopic (exact) mass is 215 g/mol. The molecule has 0 aliphatic heterocycles. The first-order valence-electron chi connectivity index (χ1n) is 5.68. The number of hydrogen-bond donors (Lipinski definition) is 0. The van der Waals surface area contributed by atoms with Gasteiger partial charge in [0.2, 0.25) is 0 Å². The molecule has 0 N–H and O–H groups in total. The minimum Gasteiger partial charge on any atom is -0.314 e. The molecule has 2 rings (SSSR count). The van der Waals surface area contributed by atoms with Gasteiger partial charge in [-0.15, -0.1) is 10.2 Å². The molecule has 3 heteroatoms. The van der Waals surface area contributed by atoms with Gasteiger partial charge in [0, 0.05) is 12.1 Å². The molecule has 0 aliphatic rings. The van der Waals surface area contributed by atoms with Crippen molar-refractivity contribution in [1.82, 2.24) is 14.8 Å². The minimum absolute atomic E-state index is 0.968. The van der Waals surface area contributed by atoms with E-state index in [1.807, 2.05) is 0 Å². The van der Waals surface area contributed by atoms with Crippen LogP contribution in [0, 0.1) is 13.8 Å². The first-order chi connectivity index (χ1) is 7.74. The summed E-state index contributed by atoms with van der Waals surface area (Å²) in [6.45, 7) is 7.39. The Balaban J connectivity index is 2.50. The lowest BCUT2D eigenvalue weighted by Crippen LogP contribution is -2.00. The zero-order chi connectivity index (χ0) is 11.5. The summed E-state index contributed by atoms with van der Waals surface area (Å²) in [5, 5.41) is 8.22. The Morgan fingerprint density at radius 2 is 2.06 bits per heavy atom. The van der Waals surface area contributed by atoms with Crippen molar-refractivity contribution in [2.24, 2.45) is 0 Å². The predicted molar refractivity (Wildman–Crippen MR) is 65.2 cm³/mol. The molecule has 16 heavy (non-hydrogen) atoms. The molecule has 0 radical (unpaired) electrons. The van der Waals surface area contributed by atoms with E-state index in [-0.39, 0.29) is 0 Å². The summed E-state index contributed by atoms with van der Waals surface area (Å²) in [4.78, 5) is 0. The molecule has 1 heterocycles. The standard InChI is InChI=1S/C13H17N3/c1-4-8-16-9-14-15-13(16)12-7-5-6-10(2)11(12)3/h5-7,9H,4,8H2,1-3H3. The van der Waals surface area contributed by atoms with Crippen LogP contribution in [0.15, 0.2) is 24.5 Å². The summed E-state index contributed by atoms with van der Waals surface area (Å²) in [5.41, 5.74) is 3.77. The molecule has 1 aromatic heterocycles. The van der Waals surface area contributed by atoms with Gasteiger partial charge >= 0.3 is 0 Å². The highest BCUT2D eigenvalue weighted by Crippen LogP contribution is 2.23. The number of hydrogen-bond acceptors (Lipinski definition) is 2. The zero-order valence-electron chi connectivity index (χ0n) is 10.1. The second kappa shape index (κ2) is 4.47. The Labute approximate surface area is 96.1 Å². The van der Waals surface area contributed by atoms with Crippen molar-refractivity contribution in [2.45, 2.75) is 33.7 Å². The summed E-state index contributed by atoms with van der Waals surface area (Å²) >= 11 is 0. The second-order valence-corrected chi connectivity index (χ2v) is 4.10. The fourth-order valence-electron chi connectivity index (χ4n) is 1.86. The van der Waals surface area contributed by atoms with E-state index in [2.05, 4.69) is 53.7 Å². The van der Waals surface area contributed by atoms with Crippen molar-refractivity contribution in [1.29, 1.82) is 0 Å². The van der Waals surface area contributed by atoms with E-state index in [0.29, 0.717) is 0 Å². The minimum atomic E-state index is 0.968. The zero-order valence-corrected chi connectivity index (χ0v) is 10.1. The molecule has 1 aromatic carbocycles. The highest BCUT2D eigenvalue weighted by atomic mass is 15.3. The lowest BCUT2D eigenvalue weighted by Gasteiger charge is -2.09. The smallest absolute Gasteiger partial charge is 0.164 e. The van der Waals surface area contributed by atoms with E-state index >= 15 is 0 Å². The fourth-order valence-corrected chi connectivity index (χ4v) is 1.86. The van der Waals surface area contributed by atoms with Gasteiger partial charge in [0.25, 0.3) is 0 Å². The summed E-state index contributed by atoms with van der Waals surface area (Å²) in [5.74, 6) is 0.975. The van der Waals surface area contributed by atoms with Crippen molar-refractivity contribution in [3.05, 3.63) is 35.7 Å². The van der Waals surface area contributed by atoms with Crippen LogP contribution in [0.1, 0.15) is 24.5 Å². The van der Waals surface area contributed by atoms with E-state index in [4.69, 9.17) is 0 Å². The van der Waals surface area contributed by atoms with Gasteiger partial charge in [0.1, 0.15) is 6.33 Å². The number of aromatic nitrogens is 3. The number of nitrogens with zero attached hydrogens (tertiary/aromatic N) is 3. The molecule has 0 atom stereocenters. The van der Waals surface area contributed by atoms with Crippen LogP contribution in [0.3, 0.4) is 0 Å². The van der Waals surface area contributed by atoms with E-state index < -0.39 is 0 Å². The lowest BCUT2D eigenvalue weighted by atomic mass is 10.0. The van der Waals surface area contributed by atoms with E-state index in [1.54, 1.807) is 6.33 Å². The first-order valence-corrected chi connectivity index (χ1v) is 5.68. The van der Waals surface area contributed by atoms with Gasteiger partial charge in [-0.05, 0) is 31.4 Å². The number of rotatable bonds is 3. The lowest BCUT2D eigenvalue weighted by molar-refractivity contribution is 0.682.